The van der Waals surface area contributed by atoms with E-state index in [9.17, 15) is 4.79 Å². The van der Waals surface area contributed by atoms with Crippen LogP contribution < -0.4 is 5.32 Å². The zero-order chi connectivity index (χ0) is 11.5. The van der Waals surface area contributed by atoms with Gasteiger partial charge in [0.05, 0.1) is 0 Å². The summed E-state index contributed by atoms with van der Waals surface area (Å²) < 4.78 is 0. The molecule has 88 valence electrons. The van der Waals surface area contributed by atoms with Crippen molar-refractivity contribution in [2.45, 2.75) is 46.1 Å². The molecule has 15 heavy (non-hydrogen) atoms. The van der Waals surface area contributed by atoms with Gasteiger partial charge in [0, 0.05) is 31.1 Å². The lowest BCUT2D eigenvalue weighted by Gasteiger charge is -2.40. The van der Waals surface area contributed by atoms with Crippen molar-refractivity contribution in [1.29, 1.82) is 0 Å². The first-order valence-electron chi connectivity index (χ1n) is 6.00. The number of carbonyl (C=O) groups excluding carboxylic acids is 1. The molecular formula is C12H24N2O. The number of carbonyl (C=O) groups is 1. The van der Waals surface area contributed by atoms with E-state index in [2.05, 4.69) is 26.1 Å². The van der Waals surface area contributed by atoms with Gasteiger partial charge in [0.25, 0.3) is 0 Å². The first kappa shape index (κ1) is 12.5. The van der Waals surface area contributed by atoms with E-state index in [1.807, 2.05) is 11.8 Å². The molecule has 0 saturated carbocycles. The van der Waals surface area contributed by atoms with Gasteiger partial charge >= 0.3 is 0 Å². The van der Waals surface area contributed by atoms with Crippen molar-refractivity contribution in [3.8, 4) is 0 Å². The molecule has 0 aromatic carbocycles. The Bertz CT molecular complexity index is 226. The van der Waals surface area contributed by atoms with E-state index in [1.54, 1.807) is 0 Å². The lowest BCUT2D eigenvalue weighted by Crippen LogP contribution is -2.59. The van der Waals surface area contributed by atoms with Gasteiger partial charge in [-0.15, -0.1) is 0 Å². The summed E-state index contributed by atoms with van der Waals surface area (Å²) in [6.07, 6.45) is 2.09. The van der Waals surface area contributed by atoms with Gasteiger partial charge in [0.1, 0.15) is 0 Å². The highest BCUT2D eigenvalue weighted by Gasteiger charge is 2.30. The molecule has 1 fully saturated rings. The van der Waals surface area contributed by atoms with Crippen molar-refractivity contribution in [2.24, 2.45) is 5.92 Å². The minimum absolute atomic E-state index is 0.0693. The predicted octanol–water partition coefficient (Wildman–Crippen LogP) is 1.63. The minimum atomic E-state index is 0.0693. The van der Waals surface area contributed by atoms with Crippen molar-refractivity contribution in [3.05, 3.63) is 0 Å². The Morgan fingerprint density at radius 2 is 2.20 bits per heavy atom. The monoisotopic (exact) mass is 212 g/mol. The van der Waals surface area contributed by atoms with Crippen LogP contribution in [0.5, 0.6) is 0 Å². The number of hydrogen-bond acceptors (Lipinski definition) is 2. The van der Waals surface area contributed by atoms with Gasteiger partial charge in [-0.05, 0) is 20.3 Å². The summed E-state index contributed by atoms with van der Waals surface area (Å²) in [5.74, 6) is 0.510. The summed E-state index contributed by atoms with van der Waals surface area (Å²) in [4.78, 5) is 14.1. The van der Waals surface area contributed by atoms with Crippen LogP contribution in [0.25, 0.3) is 0 Å². The molecule has 1 aliphatic rings. The summed E-state index contributed by atoms with van der Waals surface area (Å²) >= 11 is 0. The molecule has 0 bridgehead atoms. The van der Waals surface area contributed by atoms with E-state index < -0.39 is 0 Å². The van der Waals surface area contributed by atoms with Crippen molar-refractivity contribution >= 4 is 5.91 Å². The van der Waals surface area contributed by atoms with Gasteiger partial charge in [0.2, 0.25) is 5.91 Å². The molecule has 3 heteroatoms. The van der Waals surface area contributed by atoms with Gasteiger partial charge in [0.15, 0.2) is 0 Å². The molecule has 0 aromatic rings. The maximum atomic E-state index is 12.1. The molecule has 1 heterocycles. The fourth-order valence-electron chi connectivity index (χ4n) is 2.20. The van der Waals surface area contributed by atoms with E-state index in [-0.39, 0.29) is 11.5 Å². The van der Waals surface area contributed by atoms with E-state index in [4.69, 9.17) is 0 Å². The maximum absolute atomic E-state index is 12.1. The molecule has 0 aromatic heterocycles. The van der Waals surface area contributed by atoms with Crippen LogP contribution in [-0.4, -0.2) is 36.0 Å². The first-order chi connectivity index (χ1) is 6.96. The lowest BCUT2D eigenvalue weighted by molar-refractivity contribution is -0.137. The number of piperazine rings is 1. The fourth-order valence-corrected chi connectivity index (χ4v) is 2.20. The van der Waals surface area contributed by atoms with Crippen molar-refractivity contribution in [1.82, 2.24) is 10.2 Å². The lowest BCUT2D eigenvalue weighted by atomic mass is 9.99. The Labute approximate surface area is 93.2 Å². The highest BCUT2D eigenvalue weighted by Crippen LogP contribution is 2.15. The van der Waals surface area contributed by atoms with Crippen LogP contribution >= 0.6 is 0 Å². The Hall–Kier alpha value is -0.570. The maximum Gasteiger partial charge on any atom is 0.225 e. The van der Waals surface area contributed by atoms with Crippen LogP contribution in [0, 0.1) is 5.92 Å². The van der Waals surface area contributed by atoms with E-state index in [0.717, 1.165) is 32.5 Å². The van der Waals surface area contributed by atoms with E-state index in [0.29, 0.717) is 5.91 Å². The van der Waals surface area contributed by atoms with Gasteiger partial charge in [-0.2, -0.15) is 0 Å². The van der Waals surface area contributed by atoms with Crippen LogP contribution in [0.2, 0.25) is 0 Å². The zero-order valence-corrected chi connectivity index (χ0v) is 10.5. The quantitative estimate of drug-likeness (QED) is 0.771. The Balaban J connectivity index is 2.52. The third kappa shape index (κ3) is 3.49. The largest absolute Gasteiger partial charge is 0.339 e. The normalized spacial score (nSPS) is 22.5. The first-order valence-corrected chi connectivity index (χ1v) is 6.00. The van der Waals surface area contributed by atoms with E-state index in [1.165, 1.54) is 0 Å². The van der Waals surface area contributed by atoms with Gasteiger partial charge in [-0.25, -0.2) is 0 Å². The summed E-state index contributed by atoms with van der Waals surface area (Å²) in [6, 6.07) is 0. The number of nitrogens with one attached hydrogen (secondary N) is 1. The Kier molecular flexibility index (Phi) is 4.14. The fraction of sp³-hybridized carbons (Fsp3) is 0.917. The predicted molar refractivity (Wildman–Crippen MR) is 62.7 cm³/mol. The molecule has 1 N–H and O–H groups in total. The van der Waals surface area contributed by atoms with Crippen LogP contribution in [0.15, 0.2) is 0 Å². The molecule has 1 aliphatic heterocycles. The number of hydrogen-bond donors (Lipinski definition) is 1. The molecule has 1 saturated heterocycles. The Morgan fingerprint density at radius 3 is 2.73 bits per heavy atom. The summed E-state index contributed by atoms with van der Waals surface area (Å²) in [5.41, 5.74) is 0.0693. The molecule has 0 radical (unpaired) electrons. The molecule has 1 unspecified atom stereocenters. The number of nitrogens with zero attached hydrogens (tertiary/aromatic N) is 1. The van der Waals surface area contributed by atoms with Gasteiger partial charge in [-0.1, -0.05) is 20.3 Å². The average Bonchev–Trinajstić information content (AvgIpc) is 2.15. The van der Waals surface area contributed by atoms with Crippen LogP contribution in [0.1, 0.15) is 40.5 Å². The zero-order valence-electron chi connectivity index (χ0n) is 10.5. The molecule has 3 nitrogen and oxygen atoms in total. The van der Waals surface area contributed by atoms with Gasteiger partial charge < -0.3 is 10.2 Å². The standard InChI is InChI=1S/C12H24N2O/c1-5-6-10(2)11(15)14-8-7-13-12(3,4)9-14/h10,13H,5-9H2,1-4H3. The molecule has 1 amide bonds. The van der Waals surface area contributed by atoms with Gasteiger partial charge in [-0.3, -0.25) is 4.79 Å². The highest BCUT2D eigenvalue weighted by molar-refractivity contribution is 5.78. The summed E-state index contributed by atoms with van der Waals surface area (Å²) in [5, 5.41) is 3.42. The molecule has 0 aliphatic carbocycles. The smallest absolute Gasteiger partial charge is 0.225 e. The third-order valence-corrected chi connectivity index (χ3v) is 3.03. The topological polar surface area (TPSA) is 32.3 Å². The van der Waals surface area contributed by atoms with Crippen LogP contribution in [-0.2, 0) is 4.79 Å². The minimum Gasteiger partial charge on any atom is -0.339 e. The molecule has 1 rings (SSSR count). The molecular weight excluding hydrogens is 188 g/mol. The van der Waals surface area contributed by atoms with Crippen molar-refractivity contribution in [2.75, 3.05) is 19.6 Å². The van der Waals surface area contributed by atoms with Crippen molar-refractivity contribution in [3.63, 3.8) is 0 Å². The second-order valence-corrected chi connectivity index (χ2v) is 5.26. The summed E-state index contributed by atoms with van der Waals surface area (Å²) in [6.45, 7) is 11.1. The number of rotatable bonds is 3. The third-order valence-electron chi connectivity index (χ3n) is 3.03. The molecule has 0 spiro atoms. The summed E-state index contributed by atoms with van der Waals surface area (Å²) in [7, 11) is 0. The Morgan fingerprint density at radius 1 is 1.53 bits per heavy atom. The van der Waals surface area contributed by atoms with E-state index >= 15 is 0 Å². The average molecular weight is 212 g/mol. The second kappa shape index (κ2) is 4.97. The SMILES string of the molecule is CCCC(C)C(=O)N1CCNC(C)(C)C1. The van der Waals surface area contributed by atoms with Crippen LogP contribution in [0.3, 0.4) is 0 Å². The van der Waals surface area contributed by atoms with Crippen molar-refractivity contribution < 1.29 is 4.79 Å². The highest BCUT2D eigenvalue weighted by atomic mass is 16.2. The van der Waals surface area contributed by atoms with Crippen LogP contribution in [0.4, 0.5) is 0 Å². The molecule has 1 atom stereocenters. The second-order valence-electron chi connectivity index (χ2n) is 5.26. The number of amides is 1.